The van der Waals surface area contributed by atoms with Crippen molar-refractivity contribution in [2.45, 2.75) is 19.4 Å². The number of para-hydroxylation sites is 1. The monoisotopic (exact) mass is 356 g/mol. The summed E-state index contributed by atoms with van der Waals surface area (Å²) in [5.41, 5.74) is 1.77. The van der Waals surface area contributed by atoms with Gasteiger partial charge < -0.3 is 0 Å². The number of rotatable bonds is 3. The fourth-order valence-electron chi connectivity index (χ4n) is 2.51. The van der Waals surface area contributed by atoms with Gasteiger partial charge in [-0.15, -0.1) is 5.10 Å². The number of fused-ring (bicyclic) bond motifs is 3. The van der Waals surface area contributed by atoms with Gasteiger partial charge in [-0.2, -0.15) is 5.10 Å². The number of nitrogens with zero attached hydrogens (tertiary/aromatic N) is 6. The molecule has 0 amide bonds. The molecule has 0 unspecified atom stereocenters. The summed E-state index contributed by atoms with van der Waals surface area (Å²) in [5, 5.41) is 9.85. The fourth-order valence-corrected chi connectivity index (χ4v) is 2.83. The number of aromatic nitrogens is 6. The first-order chi connectivity index (χ1) is 10.7. The number of benzene rings is 1. The molecule has 22 heavy (non-hydrogen) atoms. The lowest BCUT2D eigenvalue weighted by atomic mass is 10.2. The number of hydrogen-bond donors (Lipinski definition) is 0. The number of hydrogen-bond acceptors (Lipinski definition) is 4. The molecule has 0 aliphatic heterocycles. The molecule has 0 saturated heterocycles. The molecule has 0 spiro atoms. The molecule has 4 aromatic rings. The van der Waals surface area contributed by atoms with Crippen molar-refractivity contribution in [2.75, 3.05) is 0 Å². The van der Waals surface area contributed by atoms with Crippen molar-refractivity contribution < 1.29 is 0 Å². The summed E-state index contributed by atoms with van der Waals surface area (Å²) >= 11 is 3.41. The topological polar surface area (TPSA) is 60.9 Å². The Labute approximate surface area is 134 Å². The van der Waals surface area contributed by atoms with Crippen LogP contribution in [0.15, 0.2) is 47.5 Å². The van der Waals surface area contributed by atoms with Crippen LogP contribution in [0, 0.1) is 0 Å². The molecule has 0 saturated carbocycles. The second-order valence-corrected chi connectivity index (χ2v) is 6.20. The minimum atomic E-state index is 0.158. The highest BCUT2D eigenvalue weighted by molar-refractivity contribution is 9.10. The lowest BCUT2D eigenvalue weighted by Crippen LogP contribution is -2.08. The predicted molar refractivity (Wildman–Crippen MR) is 86.6 cm³/mol. The van der Waals surface area contributed by atoms with Gasteiger partial charge in [-0.25, -0.2) is 14.5 Å². The van der Waals surface area contributed by atoms with Crippen LogP contribution < -0.4 is 0 Å². The molecular formula is C15H13BrN6. The van der Waals surface area contributed by atoms with Gasteiger partial charge in [0, 0.05) is 17.5 Å². The normalized spacial score (nSPS) is 13.0. The molecule has 4 rings (SSSR count). The minimum absolute atomic E-state index is 0.158. The Morgan fingerprint density at radius 2 is 2.14 bits per heavy atom. The van der Waals surface area contributed by atoms with Gasteiger partial charge in [-0.1, -0.05) is 19.1 Å². The SMILES string of the molecule is C[C@H](Cn1cc(Br)cn1)c1nc2c3ccccc3ncn2n1. The highest BCUT2D eigenvalue weighted by Crippen LogP contribution is 2.20. The molecule has 1 atom stereocenters. The average Bonchev–Trinajstić information content (AvgIpc) is 3.13. The highest BCUT2D eigenvalue weighted by atomic mass is 79.9. The Morgan fingerprint density at radius 1 is 1.27 bits per heavy atom. The van der Waals surface area contributed by atoms with Crippen molar-refractivity contribution in [3.05, 3.63) is 53.3 Å². The van der Waals surface area contributed by atoms with E-state index in [9.17, 15) is 0 Å². The van der Waals surface area contributed by atoms with Gasteiger partial charge in [0.15, 0.2) is 11.5 Å². The molecule has 0 aliphatic rings. The summed E-state index contributed by atoms with van der Waals surface area (Å²) in [6.07, 6.45) is 5.44. The van der Waals surface area contributed by atoms with Crippen molar-refractivity contribution in [2.24, 2.45) is 0 Å². The maximum Gasteiger partial charge on any atom is 0.166 e. The molecule has 0 bridgehead atoms. The molecule has 0 N–H and O–H groups in total. The third-order valence-corrected chi connectivity index (χ3v) is 4.01. The van der Waals surface area contributed by atoms with Crippen molar-refractivity contribution in [1.29, 1.82) is 0 Å². The van der Waals surface area contributed by atoms with Gasteiger partial charge in [-0.3, -0.25) is 4.68 Å². The smallest absolute Gasteiger partial charge is 0.166 e. The van der Waals surface area contributed by atoms with Crippen LogP contribution in [-0.4, -0.2) is 29.4 Å². The Balaban J connectivity index is 1.74. The summed E-state index contributed by atoms with van der Waals surface area (Å²) < 4.78 is 4.60. The minimum Gasteiger partial charge on any atom is -0.271 e. The summed E-state index contributed by atoms with van der Waals surface area (Å²) in [6, 6.07) is 7.96. The molecule has 0 aliphatic carbocycles. The van der Waals surface area contributed by atoms with Crippen molar-refractivity contribution >= 4 is 32.5 Å². The van der Waals surface area contributed by atoms with E-state index in [1.807, 2.05) is 35.1 Å². The van der Waals surface area contributed by atoms with E-state index in [-0.39, 0.29) is 5.92 Å². The molecule has 7 heteroatoms. The van der Waals surface area contributed by atoms with E-state index >= 15 is 0 Å². The lowest BCUT2D eigenvalue weighted by Gasteiger charge is -2.06. The van der Waals surface area contributed by atoms with Crippen molar-refractivity contribution in [1.82, 2.24) is 29.4 Å². The molecule has 6 nitrogen and oxygen atoms in total. The van der Waals surface area contributed by atoms with Gasteiger partial charge in [0.05, 0.1) is 22.7 Å². The Morgan fingerprint density at radius 3 is 2.95 bits per heavy atom. The highest BCUT2D eigenvalue weighted by Gasteiger charge is 2.15. The van der Waals surface area contributed by atoms with Crippen molar-refractivity contribution in [3.63, 3.8) is 0 Å². The molecule has 3 heterocycles. The quantitative estimate of drug-likeness (QED) is 0.566. The van der Waals surface area contributed by atoms with Crippen LogP contribution in [-0.2, 0) is 6.54 Å². The van der Waals surface area contributed by atoms with E-state index in [1.54, 1.807) is 17.0 Å². The van der Waals surface area contributed by atoms with Crippen LogP contribution in [0.4, 0.5) is 0 Å². The van der Waals surface area contributed by atoms with Crippen LogP contribution in [0.3, 0.4) is 0 Å². The first kappa shape index (κ1) is 13.4. The van der Waals surface area contributed by atoms with E-state index in [1.165, 1.54) is 0 Å². The van der Waals surface area contributed by atoms with Gasteiger partial charge in [0.2, 0.25) is 0 Å². The van der Waals surface area contributed by atoms with Gasteiger partial charge >= 0.3 is 0 Å². The third-order valence-electron chi connectivity index (χ3n) is 3.60. The summed E-state index contributed by atoms with van der Waals surface area (Å²) in [5.74, 6) is 0.954. The first-order valence-electron chi connectivity index (χ1n) is 6.99. The maximum atomic E-state index is 4.70. The lowest BCUT2D eigenvalue weighted by molar-refractivity contribution is 0.524. The summed E-state index contributed by atoms with van der Waals surface area (Å²) in [4.78, 5) is 9.11. The second-order valence-electron chi connectivity index (χ2n) is 5.28. The van der Waals surface area contributed by atoms with Crippen LogP contribution in [0.25, 0.3) is 16.6 Å². The van der Waals surface area contributed by atoms with Crippen LogP contribution in [0.1, 0.15) is 18.7 Å². The fraction of sp³-hybridized carbons (Fsp3) is 0.200. The van der Waals surface area contributed by atoms with Crippen LogP contribution in [0.2, 0.25) is 0 Å². The van der Waals surface area contributed by atoms with Crippen molar-refractivity contribution in [3.8, 4) is 0 Å². The molecule has 3 aromatic heterocycles. The zero-order valence-corrected chi connectivity index (χ0v) is 13.5. The van der Waals surface area contributed by atoms with E-state index < -0.39 is 0 Å². The first-order valence-corrected chi connectivity index (χ1v) is 7.78. The average molecular weight is 357 g/mol. The van der Waals surface area contributed by atoms with Gasteiger partial charge in [0.25, 0.3) is 0 Å². The maximum absolute atomic E-state index is 4.70. The molecule has 0 fully saturated rings. The Hall–Kier alpha value is -2.28. The standard InChI is InChI=1S/C15H13BrN6/c1-10(7-21-8-11(16)6-18-21)14-19-15-12-4-2-3-5-13(12)17-9-22(15)20-14/h2-6,8-10H,7H2,1H3/t10-/m1/s1. The Kier molecular flexibility index (Phi) is 3.15. The number of halogens is 1. The van der Waals surface area contributed by atoms with E-state index in [2.05, 4.69) is 38.0 Å². The molecule has 0 radical (unpaired) electrons. The third kappa shape index (κ3) is 2.27. The second kappa shape index (κ2) is 5.17. The molecule has 1 aromatic carbocycles. The molecular weight excluding hydrogens is 344 g/mol. The van der Waals surface area contributed by atoms with Gasteiger partial charge in [-0.05, 0) is 28.1 Å². The van der Waals surface area contributed by atoms with Gasteiger partial charge in [0.1, 0.15) is 6.33 Å². The van der Waals surface area contributed by atoms with E-state index in [4.69, 9.17) is 4.98 Å². The summed E-state index contributed by atoms with van der Waals surface area (Å²) in [6.45, 7) is 2.83. The zero-order valence-electron chi connectivity index (χ0n) is 11.9. The molecule has 110 valence electrons. The largest absolute Gasteiger partial charge is 0.271 e. The van der Waals surface area contributed by atoms with E-state index in [0.717, 1.165) is 33.4 Å². The van der Waals surface area contributed by atoms with E-state index in [0.29, 0.717) is 0 Å². The van der Waals surface area contributed by atoms with Crippen LogP contribution in [0.5, 0.6) is 0 Å². The zero-order chi connectivity index (χ0) is 15.1. The predicted octanol–water partition coefficient (Wildman–Crippen LogP) is 3.04. The Bertz CT molecular complexity index is 957. The van der Waals surface area contributed by atoms with Crippen LogP contribution >= 0.6 is 15.9 Å². The summed E-state index contributed by atoms with van der Waals surface area (Å²) in [7, 11) is 0.